The van der Waals surface area contributed by atoms with Gasteiger partial charge in [0, 0.05) is 24.8 Å². The number of likely N-dealkylation sites (N-methyl/N-ethyl adjacent to an activating group) is 1. The van der Waals surface area contributed by atoms with E-state index < -0.39 is 0 Å². The fraction of sp³-hybridized carbons (Fsp3) is 0.538. The molecule has 0 atom stereocenters. The van der Waals surface area contributed by atoms with Crippen molar-refractivity contribution in [2.75, 3.05) is 25.6 Å². The predicted molar refractivity (Wildman–Crippen MR) is 74.3 cm³/mol. The Kier molecular flexibility index (Phi) is 4.28. The molecule has 1 aromatic carbocycles. The summed E-state index contributed by atoms with van der Waals surface area (Å²) < 4.78 is 5.19. The van der Waals surface area contributed by atoms with Gasteiger partial charge in [0.25, 0.3) is 0 Å². The Morgan fingerprint density at radius 2 is 2.00 bits per heavy atom. The molecule has 0 heterocycles. The Labute approximate surface area is 109 Å². The molecule has 0 aliphatic carbocycles. The third-order valence-corrected chi connectivity index (χ3v) is 2.82. The molecule has 0 bridgehead atoms. The van der Waals surface area contributed by atoms with E-state index in [0.29, 0.717) is 10.8 Å². The number of aryl methyl sites for hydroxylation is 1. The molecule has 4 heteroatoms. The first kappa shape index (κ1) is 14.1. The summed E-state index contributed by atoms with van der Waals surface area (Å²) >= 11 is 6.13. The molecule has 0 aromatic heterocycles. The van der Waals surface area contributed by atoms with E-state index in [1.165, 1.54) is 0 Å². The zero-order valence-corrected chi connectivity index (χ0v) is 11.9. The molecule has 96 valence electrons. The van der Waals surface area contributed by atoms with Gasteiger partial charge in [0.15, 0.2) is 0 Å². The number of nitrogens with two attached hydrogens (primary N) is 1. The monoisotopic (exact) mass is 256 g/mol. The summed E-state index contributed by atoms with van der Waals surface area (Å²) in [6.07, 6.45) is 0. The topological polar surface area (TPSA) is 38.5 Å². The molecule has 0 aliphatic rings. The molecule has 0 unspecified atom stereocenters. The van der Waals surface area contributed by atoms with Gasteiger partial charge in [-0.1, -0.05) is 11.6 Å². The van der Waals surface area contributed by atoms with Crippen LogP contribution in [-0.4, -0.2) is 26.2 Å². The molecule has 2 N–H and O–H groups in total. The lowest BCUT2D eigenvalue weighted by Gasteiger charge is -2.29. The highest BCUT2D eigenvalue weighted by Gasteiger charge is 2.16. The molecule has 0 amide bonds. The highest BCUT2D eigenvalue weighted by Crippen LogP contribution is 2.32. The van der Waals surface area contributed by atoms with Crippen LogP contribution in [0.4, 0.5) is 5.69 Å². The van der Waals surface area contributed by atoms with Crippen molar-refractivity contribution in [3.8, 4) is 5.75 Å². The summed E-state index contributed by atoms with van der Waals surface area (Å²) in [6, 6.07) is 3.86. The number of ether oxygens (including phenoxy) is 1. The van der Waals surface area contributed by atoms with Crippen LogP contribution in [0.15, 0.2) is 12.1 Å². The number of nitrogens with zero attached hydrogens (tertiary/aromatic N) is 1. The third-order valence-electron chi connectivity index (χ3n) is 2.53. The Hall–Kier alpha value is -0.930. The fourth-order valence-electron chi connectivity index (χ4n) is 1.91. The normalized spacial score (nSPS) is 11.5. The van der Waals surface area contributed by atoms with Gasteiger partial charge in [-0.3, -0.25) is 0 Å². The van der Waals surface area contributed by atoms with Crippen LogP contribution in [0.3, 0.4) is 0 Å². The number of rotatable bonds is 4. The number of methoxy groups -OCH3 is 1. The molecule has 1 rings (SSSR count). The predicted octanol–water partition coefficient (Wildman–Crippen LogP) is 2.83. The molecule has 0 radical (unpaired) electrons. The lowest BCUT2D eigenvalue weighted by Crippen LogP contribution is -2.44. The zero-order valence-electron chi connectivity index (χ0n) is 11.2. The van der Waals surface area contributed by atoms with Crippen molar-refractivity contribution >= 4 is 17.3 Å². The lowest BCUT2D eigenvalue weighted by molar-refractivity contribution is 0.414. The van der Waals surface area contributed by atoms with Crippen molar-refractivity contribution in [3.63, 3.8) is 0 Å². The minimum Gasteiger partial charge on any atom is -0.495 e. The van der Waals surface area contributed by atoms with Crippen molar-refractivity contribution in [1.29, 1.82) is 0 Å². The highest BCUT2D eigenvalue weighted by atomic mass is 35.5. The Balaban J connectivity index is 3.02. The summed E-state index contributed by atoms with van der Waals surface area (Å²) in [5.74, 6) is 0.702. The molecule has 17 heavy (non-hydrogen) atoms. The molecule has 0 fully saturated rings. The Morgan fingerprint density at radius 3 is 2.47 bits per heavy atom. The Bertz CT molecular complexity index is 399. The van der Waals surface area contributed by atoms with Gasteiger partial charge in [-0.2, -0.15) is 0 Å². The quantitative estimate of drug-likeness (QED) is 0.900. The van der Waals surface area contributed by atoms with Gasteiger partial charge >= 0.3 is 0 Å². The first-order chi connectivity index (χ1) is 7.74. The standard InChI is InChI=1S/C13H21ClN2O/c1-9-6-12(17-5)10(14)7-11(9)16(4)8-13(2,3)15/h6-7H,8,15H2,1-5H3. The number of hydrogen-bond donors (Lipinski definition) is 1. The summed E-state index contributed by atoms with van der Waals surface area (Å²) in [7, 11) is 3.63. The van der Waals surface area contributed by atoms with Gasteiger partial charge in [0.05, 0.1) is 12.1 Å². The van der Waals surface area contributed by atoms with Gasteiger partial charge in [0.1, 0.15) is 5.75 Å². The highest BCUT2D eigenvalue weighted by molar-refractivity contribution is 6.32. The summed E-state index contributed by atoms with van der Waals surface area (Å²) in [4.78, 5) is 2.11. The summed E-state index contributed by atoms with van der Waals surface area (Å²) in [6.45, 7) is 6.80. The van der Waals surface area contributed by atoms with Crippen LogP contribution in [0.25, 0.3) is 0 Å². The average molecular weight is 257 g/mol. The van der Waals surface area contributed by atoms with Crippen molar-refractivity contribution in [1.82, 2.24) is 0 Å². The van der Waals surface area contributed by atoms with Crippen LogP contribution in [0.1, 0.15) is 19.4 Å². The molecule has 0 saturated heterocycles. The molecule has 0 saturated carbocycles. The maximum atomic E-state index is 6.13. The van der Waals surface area contributed by atoms with E-state index in [9.17, 15) is 0 Å². The van der Waals surface area contributed by atoms with Gasteiger partial charge in [-0.25, -0.2) is 0 Å². The fourth-order valence-corrected chi connectivity index (χ4v) is 2.14. The molecule has 1 aromatic rings. The molecular formula is C13H21ClN2O. The zero-order chi connectivity index (χ0) is 13.2. The summed E-state index contributed by atoms with van der Waals surface area (Å²) in [5.41, 5.74) is 7.98. The number of halogens is 1. The van der Waals surface area contributed by atoms with Crippen molar-refractivity contribution in [2.45, 2.75) is 26.3 Å². The molecular weight excluding hydrogens is 236 g/mol. The minimum atomic E-state index is -0.242. The van der Waals surface area contributed by atoms with Crippen LogP contribution in [0.2, 0.25) is 5.02 Å². The van der Waals surface area contributed by atoms with Crippen LogP contribution in [-0.2, 0) is 0 Å². The van der Waals surface area contributed by atoms with E-state index in [0.717, 1.165) is 17.8 Å². The van der Waals surface area contributed by atoms with Crippen LogP contribution in [0, 0.1) is 6.92 Å². The molecule has 3 nitrogen and oxygen atoms in total. The SMILES string of the molecule is COc1cc(C)c(N(C)CC(C)(C)N)cc1Cl. The van der Waals surface area contributed by atoms with Gasteiger partial charge in [-0.05, 0) is 38.5 Å². The van der Waals surface area contributed by atoms with E-state index in [-0.39, 0.29) is 5.54 Å². The number of benzene rings is 1. The van der Waals surface area contributed by atoms with Crippen molar-refractivity contribution in [3.05, 3.63) is 22.7 Å². The first-order valence-corrected chi connectivity index (χ1v) is 5.96. The Morgan fingerprint density at radius 1 is 1.41 bits per heavy atom. The number of anilines is 1. The van der Waals surface area contributed by atoms with Crippen molar-refractivity contribution in [2.24, 2.45) is 5.73 Å². The van der Waals surface area contributed by atoms with Gasteiger partial charge in [0.2, 0.25) is 0 Å². The third kappa shape index (κ3) is 3.79. The average Bonchev–Trinajstić information content (AvgIpc) is 2.18. The van der Waals surface area contributed by atoms with E-state index >= 15 is 0 Å². The second-order valence-electron chi connectivity index (χ2n) is 5.12. The second-order valence-corrected chi connectivity index (χ2v) is 5.53. The second kappa shape index (κ2) is 5.15. The maximum Gasteiger partial charge on any atom is 0.137 e. The van der Waals surface area contributed by atoms with E-state index in [4.69, 9.17) is 22.1 Å². The van der Waals surface area contributed by atoms with Crippen molar-refractivity contribution < 1.29 is 4.74 Å². The largest absolute Gasteiger partial charge is 0.495 e. The molecule has 0 aliphatic heterocycles. The van der Waals surface area contributed by atoms with Crippen LogP contribution in [0.5, 0.6) is 5.75 Å². The van der Waals surface area contributed by atoms with Crippen LogP contribution >= 0.6 is 11.6 Å². The number of hydrogen-bond acceptors (Lipinski definition) is 3. The molecule has 0 spiro atoms. The van der Waals surface area contributed by atoms with Gasteiger partial charge in [-0.15, -0.1) is 0 Å². The smallest absolute Gasteiger partial charge is 0.137 e. The summed E-state index contributed by atoms with van der Waals surface area (Å²) in [5, 5.41) is 0.620. The first-order valence-electron chi connectivity index (χ1n) is 5.59. The maximum absolute atomic E-state index is 6.13. The lowest BCUT2D eigenvalue weighted by atomic mass is 10.1. The van der Waals surface area contributed by atoms with E-state index in [1.807, 2.05) is 40.0 Å². The van der Waals surface area contributed by atoms with E-state index in [2.05, 4.69) is 4.90 Å². The van der Waals surface area contributed by atoms with Gasteiger partial charge < -0.3 is 15.4 Å². The van der Waals surface area contributed by atoms with E-state index in [1.54, 1.807) is 7.11 Å². The minimum absolute atomic E-state index is 0.242. The van der Waals surface area contributed by atoms with Crippen LogP contribution < -0.4 is 15.4 Å².